The highest BCUT2D eigenvalue weighted by Gasteiger charge is 2.38. The summed E-state index contributed by atoms with van der Waals surface area (Å²) in [6.45, 7) is -0.715. The minimum absolute atomic E-state index is 0.179. The van der Waals surface area contributed by atoms with Crippen LogP contribution in [0.2, 0.25) is 0 Å². The molecule has 12 heteroatoms. The van der Waals surface area contributed by atoms with E-state index in [4.69, 9.17) is 18.9 Å². The molecule has 0 aliphatic rings. The quantitative estimate of drug-likeness (QED) is 0.0207. The Balaban J connectivity index is 5.44. The molecule has 65 heavy (non-hydrogen) atoms. The predicted octanol–water partition coefficient (Wildman–Crippen LogP) is 15.5. The summed E-state index contributed by atoms with van der Waals surface area (Å²) in [6.07, 6.45) is 41.2. The summed E-state index contributed by atoms with van der Waals surface area (Å²) in [6, 6.07) is 0. The van der Waals surface area contributed by atoms with Crippen molar-refractivity contribution in [2.45, 2.75) is 257 Å². The van der Waals surface area contributed by atoms with E-state index >= 15 is 0 Å². The van der Waals surface area contributed by atoms with E-state index in [2.05, 4.69) is 50.5 Å². The summed E-state index contributed by atoms with van der Waals surface area (Å²) in [5.74, 6) is 2.40. The van der Waals surface area contributed by atoms with Crippen molar-refractivity contribution in [3.8, 4) is 0 Å². The van der Waals surface area contributed by atoms with Crippen molar-refractivity contribution in [3.05, 3.63) is 0 Å². The second-order valence-corrected chi connectivity index (χ2v) is 20.6. The first kappa shape index (κ1) is 64.3. The number of thiol groups is 4. The van der Waals surface area contributed by atoms with E-state index in [-0.39, 0.29) is 76.0 Å². The molecule has 0 aromatic carbocycles. The lowest BCUT2D eigenvalue weighted by atomic mass is 9.92. The molecule has 0 radical (unpaired) electrons. The molecule has 0 amide bonds. The van der Waals surface area contributed by atoms with Crippen LogP contribution in [-0.2, 0) is 38.1 Å². The third-order valence-corrected chi connectivity index (χ3v) is 13.6. The standard InChI is InChI=1S/C53H100O8S4/c54-49(37-29-21-13-5-1-9-17-25-33-41-62)58-45-53(46-59-50(55)38-30-22-14-6-2-10-18-26-34-42-63,47-60-51(56)39-31-23-15-7-3-11-19-27-35-43-64)48-61-52(57)40-32-24-16-8-4-12-20-28-36-44-65/h62-65H,1-48H2. The van der Waals surface area contributed by atoms with E-state index < -0.39 is 5.41 Å². The van der Waals surface area contributed by atoms with Gasteiger partial charge in [0.2, 0.25) is 0 Å². The molecule has 8 nitrogen and oxygen atoms in total. The first-order valence-electron chi connectivity index (χ1n) is 26.9. The Hall–Kier alpha value is -0.720. The highest BCUT2D eigenvalue weighted by atomic mass is 32.1. The molecule has 0 saturated heterocycles. The van der Waals surface area contributed by atoms with E-state index in [1.165, 1.54) is 128 Å². The van der Waals surface area contributed by atoms with Crippen molar-refractivity contribution in [1.82, 2.24) is 0 Å². The largest absolute Gasteiger partial charge is 0.465 e. The van der Waals surface area contributed by atoms with Gasteiger partial charge in [0.05, 0.1) is 0 Å². The van der Waals surface area contributed by atoms with Crippen molar-refractivity contribution in [1.29, 1.82) is 0 Å². The molecule has 384 valence electrons. The van der Waals surface area contributed by atoms with Crippen molar-refractivity contribution in [2.75, 3.05) is 49.4 Å². The monoisotopic (exact) mass is 993 g/mol. The zero-order valence-electron chi connectivity index (χ0n) is 41.5. The summed E-state index contributed by atoms with van der Waals surface area (Å²) in [4.78, 5) is 52.5. The zero-order chi connectivity index (χ0) is 47.6. The van der Waals surface area contributed by atoms with E-state index in [0.29, 0.717) is 0 Å². The number of hydrogen-bond donors (Lipinski definition) is 4. The van der Waals surface area contributed by atoms with Crippen LogP contribution in [0.5, 0.6) is 0 Å². The van der Waals surface area contributed by atoms with Crippen molar-refractivity contribution in [2.24, 2.45) is 5.41 Å². The summed E-state index contributed by atoms with van der Waals surface area (Å²) < 4.78 is 23.4. The van der Waals surface area contributed by atoms with Gasteiger partial charge in [0, 0.05) is 25.7 Å². The molecule has 0 spiro atoms. The topological polar surface area (TPSA) is 105 Å². The van der Waals surface area contributed by atoms with Crippen molar-refractivity contribution in [3.63, 3.8) is 0 Å². The van der Waals surface area contributed by atoms with Gasteiger partial charge < -0.3 is 18.9 Å². The lowest BCUT2D eigenvalue weighted by molar-refractivity contribution is -0.170. The minimum atomic E-state index is -1.21. The van der Waals surface area contributed by atoms with Gasteiger partial charge in [0.1, 0.15) is 31.8 Å². The third kappa shape index (κ3) is 46.8. The maximum absolute atomic E-state index is 13.1. The molecular weight excluding hydrogens is 893 g/mol. The van der Waals surface area contributed by atoms with Gasteiger partial charge in [-0.15, -0.1) is 0 Å². The van der Waals surface area contributed by atoms with E-state index in [1.54, 1.807) is 0 Å². The van der Waals surface area contributed by atoms with Gasteiger partial charge in [-0.25, -0.2) is 0 Å². The first-order valence-corrected chi connectivity index (χ1v) is 29.4. The second-order valence-electron chi connectivity index (χ2n) is 18.8. The van der Waals surface area contributed by atoms with Crippen LogP contribution in [0.15, 0.2) is 0 Å². The Labute approximate surface area is 421 Å². The molecular formula is C53H100O8S4. The molecule has 0 aromatic rings. The van der Waals surface area contributed by atoms with Crippen LogP contribution < -0.4 is 0 Å². The smallest absolute Gasteiger partial charge is 0.305 e. The highest BCUT2D eigenvalue weighted by Crippen LogP contribution is 2.24. The fraction of sp³-hybridized carbons (Fsp3) is 0.925. The molecule has 0 aliphatic heterocycles. The Morgan fingerprint density at radius 2 is 0.369 bits per heavy atom. The number of rotatable bonds is 52. The highest BCUT2D eigenvalue weighted by molar-refractivity contribution is 7.80. The molecule has 0 N–H and O–H groups in total. The number of carbonyl (C=O) groups excluding carboxylic acids is 4. The van der Waals surface area contributed by atoms with E-state index in [1.807, 2.05) is 0 Å². The molecule has 0 aliphatic carbocycles. The summed E-state index contributed by atoms with van der Waals surface area (Å²) >= 11 is 17.2. The number of esters is 4. The summed E-state index contributed by atoms with van der Waals surface area (Å²) in [5.41, 5.74) is -1.21. The SMILES string of the molecule is O=C(CCCCCCCCCCCS)OCC(COC(=O)CCCCCCCCCCCS)(COC(=O)CCCCCCCCCCCS)COC(=O)CCCCCCCCCCCS. The van der Waals surface area contributed by atoms with Gasteiger partial charge in [-0.2, -0.15) is 50.5 Å². The van der Waals surface area contributed by atoms with E-state index in [9.17, 15) is 19.2 Å². The average Bonchev–Trinajstić information content (AvgIpc) is 3.30. The van der Waals surface area contributed by atoms with Crippen LogP contribution in [-0.4, -0.2) is 73.3 Å². The van der Waals surface area contributed by atoms with Gasteiger partial charge in [-0.3, -0.25) is 19.2 Å². The van der Waals surface area contributed by atoms with Crippen molar-refractivity contribution < 1.29 is 38.1 Å². The molecule has 0 aromatic heterocycles. The molecule has 0 atom stereocenters. The zero-order valence-corrected chi connectivity index (χ0v) is 45.1. The normalized spacial score (nSPS) is 11.5. The van der Waals surface area contributed by atoms with Gasteiger partial charge in [0.15, 0.2) is 0 Å². The molecule has 0 heterocycles. The lowest BCUT2D eigenvalue weighted by Gasteiger charge is -2.31. The predicted molar refractivity (Wildman–Crippen MR) is 286 cm³/mol. The lowest BCUT2D eigenvalue weighted by Crippen LogP contribution is -2.44. The molecule has 0 bridgehead atoms. The number of hydrogen-bond acceptors (Lipinski definition) is 12. The molecule has 0 unspecified atom stereocenters. The Bertz CT molecular complexity index is 915. The third-order valence-electron chi connectivity index (χ3n) is 12.3. The van der Waals surface area contributed by atoms with E-state index in [0.717, 1.165) is 126 Å². The Kier molecular flexibility index (Phi) is 50.6. The molecule has 0 rings (SSSR count). The van der Waals surface area contributed by atoms with Crippen LogP contribution in [0.25, 0.3) is 0 Å². The van der Waals surface area contributed by atoms with Crippen molar-refractivity contribution >= 4 is 74.4 Å². The van der Waals surface area contributed by atoms with Gasteiger partial charge >= 0.3 is 23.9 Å². The number of unbranched alkanes of at least 4 members (excludes halogenated alkanes) is 32. The average molecular weight is 994 g/mol. The second kappa shape index (κ2) is 51.1. The summed E-state index contributed by atoms with van der Waals surface area (Å²) in [7, 11) is 0. The first-order chi connectivity index (χ1) is 31.8. The van der Waals surface area contributed by atoms with Crippen LogP contribution in [0, 0.1) is 5.41 Å². The van der Waals surface area contributed by atoms with Gasteiger partial charge in [-0.1, -0.05) is 180 Å². The minimum Gasteiger partial charge on any atom is -0.465 e. The van der Waals surface area contributed by atoms with Gasteiger partial charge in [-0.05, 0) is 74.4 Å². The Morgan fingerprint density at radius 1 is 0.231 bits per heavy atom. The summed E-state index contributed by atoms with van der Waals surface area (Å²) in [5, 5.41) is 0. The fourth-order valence-electron chi connectivity index (χ4n) is 7.95. The maximum atomic E-state index is 13.1. The maximum Gasteiger partial charge on any atom is 0.305 e. The number of ether oxygens (including phenoxy) is 4. The van der Waals surface area contributed by atoms with Crippen LogP contribution in [0.4, 0.5) is 0 Å². The molecule has 0 fully saturated rings. The fourth-order valence-corrected chi connectivity index (χ4v) is 8.84. The van der Waals surface area contributed by atoms with Crippen LogP contribution in [0.1, 0.15) is 257 Å². The molecule has 0 saturated carbocycles. The van der Waals surface area contributed by atoms with Gasteiger partial charge in [0.25, 0.3) is 0 Å². The van der Waals surface area contributed by atoms with Crippen LogP contribution in [0.3, 0.4) is 0 Å². The number of carbonyl (C=O) groups is 4. The van der Waals surface area contributed by atoms with Crippen LogP contribution >= 0.6 is 50.5 Å². The Morgan fingerprint density at radius 3 is 0.523 bits per heavy atom.